The Morgan fingerprint density at radius 2 is 1.92 bits per heavy atom. The number of rotatable bonds is 4. The van der Waals surface area contributed by atoms with Gasteiger partial charge in [0.15, 0.2) is 0 Å². The molecule has 2 aromatic carbocycles. The fraction of sp³-hybridized carbons (Fsp3) is 0. The molecule has 1 heterocycles. The molecule has 3 rings (SSSR count). The average molecular weight is 346 g/mol. The molecule has 1 aromatic heterocycles. The smallest absolute Gasteiger partial charge is 0.335 e. The summed E-state index contributed by atoms with van der Waals surface area (Å²) in [6.07, 6.45) is 1.54. The lowest BCUT2D eigenvalue weighted by Crippen LogP contribution is -2.15. The van der Waals surface area contributed by atoms with Gasteiger partial charge in [0.05, 0.1) is 21.7 Å². The van der Waals surface area contributed by atoms with Crippen LogP contribution in [0.5, 0.6) is 0 Å². The Labute approximate surface area is 136 Å². The van der Waals surface area contributed by atoms with Crippen LogP contribution in [0.15, 0.2) is 59.6 Å². The molecule has 2 N–H and O–H groups in total. The Bertz CT molecular complexity index is 1050. The van der Waals surface area contributed by atoms with E-state index in [9.17, 15) is 17.6 Å². The lowest BCUT2D eigenvalue weighted by Gasteiger charge is -2.11. The molecule has 0 aliphatic rings. The second-order valence-corrected chi connectivity index (χ2v) is 6.58. The number of fused-ring (bicyclic) bond motifs is 1. The molecule has 0 unspecified atom stereocenters. The van der Waals surface area contributed by atoms with Gasteiger partial charge in [0.1, 0.15) is 5.82 Å². The lowest BCUT2D eigenvalue weighted by atomic mass is 10.2. The van der Waals surface area contributed by atoms with Gasteiger partial charge in [-0.15, -0.1) is 0 Å². The number of anilines is 1. The van der Waals surface area contributed by atoms with E-state index in [-0.39, 0.29) is 16.1 Å². The molecule has 122 valence electrons. The SMILES string of the molecule is O=C(O)c1ccc(NS(=O)(=O)c2cccc3ncccc23)c(F)c1. The number of hydrogen-bond acceptors (Lipinski definition) is 4. The van der Waals surface area contributed by atoms with E-state index >= 15 is 0 Å². The highest BCUT2D eigenvalue weighted by molar-refractivity contribution is 7.93. The molecule has 0 fully saturated rings. The molecule has 0 saturated carbocycles. The van der Waals surface area contributed by atoms with Gasteiger partial charge < -0.3 is 5.11 Å². The molecular weight excluding hydrogens is 335 g/mol. The summed E-state index contributed by atoms with van der Waals surface area (Å²) >= 11 is 0. The highest BCUT2D eigenvalue weighted by Gasteiger charge is 2.20. The minimum atomic E-state index is -4.07. The zero-order chi connectivity index (χ0) is 17.3. The van der Waals surface area contributed by atoms with Gasteiger partial charge in [-0.3, -0.25) is 9.71 Å². The first-order valence-electron chi connectivity index (χ1n) is 6.78. The summed E-state index contributed by atoms with van der Waals surface area (Å²) in [6.45, 7) is 0. The summed E-state index contributed by atoms with van der Waals surface area (Å²) in [5.41, 5.74) is -0.118. The predicted molar refractivity (Wildman–Crippen MR) is 85.9 cm³/mol. The van der Waals surface area contributed by atoms with Gasteiger partial charge in [-0.2, -0.15) is 0 Å². The number of aromatic carboxylic acids is 1. The maximum atomic E-state index is 14.0. The standard InChI is InChI=1S/C16H11FN2O4S/c17-12-9-10(16(20)21)6-7-14(12)19-24(22,23)15-5-1-4-13-11(15)3-2-8-18-13/h1-9,19H,(H,20,21). The fourth-order valence-electron chi connectivity index (χ4n) is 2.24. The van der Waals surface area contributed by atoms with Crippen LogP contribution < -0.4 is 4.72 Å². The Hall–Kier alpha value is -3.00. The van der Waals surface area contributed by atoms with E-state index < -0.39 is 21.8 Å². The number of pyridine rings is 1. The minimum Gasteiger partial charge on any atom is -0.478 e. The van der Waals surface area contributed by atoms with Crippen LogP contribution in [0, 0.1) is 5.82 Å². The second-order valence-electron chi connectivity index (χ2n) is 4.93. The van der Waals surface area contributed by atoms with Gasteiger partial charge in [-0.1, -0.05) is 6.07 Å². The van der Waals surface area contributed by atoms with E-state index in [0.717, 1.165) is 18.2 Å². The molecule has 3 aromatic rings. The summed E-state index contributed by atoms with van der Waals surface area (Å²) in [6, 6.07) is 10.7. The lowest BCUT2D eigenvalue weighted by molar-refractivity contribution is 0.0696. The van der Waals surface area contributed by atoms with Crippen LogP contribution in [0.25, 0.3) is 10.9 Å². The Balaban J connectivity index is 2.04. The molecule has 0 atom stereocenters. The molecule has 0 saturated heterocycles. The van der Waals surface area contributed by atoms with Crippen molar-refractivity contribution in [3.8, 4) is 0 Å². The maximum Gasteiger partial charge on any atom is 0.335 e. The summed E-state index contributed by atoms with van der Waals surface area (Å²) in [5, 5.41) is 9.22. The largest absolute Gasteiger partial charge is 0.478 e. The molecule has 0 aliphatic heterocycles. The highest BCUT2D eigenvalue weighted by Crippen LogP contribution is 2.25. The number of halogens is 1. The summed E-state index contributed by atoms with van der Waals surface area (Å²) in [5.74, 6) is -2.28. The highest BCUT2D eigenvalue weighted by atomic mass is 32.2. The minimum absolute atomic E-state index is 0.0465. The van der Waals surface area contributed by atoms with E-state index in [1.807, 2.05) is 0 Å². The molecule has 0 amide bonds. The third-order valence-electron chi connectivity index (χ3n) is 3.36. The molecular formula is C16H11FN2O4S. The van der Waals surface area contributed by atoms with Gasteiger partial charge >= 0.3 is 5.97 Å². The van der Waals surface area contributed by atoms with Crippen molar-refractivity contribution in [2.24, 2.45) is 0 Å². The Morgan fingerprint density at radius 3 is 2.62 bits per heavy atom. The quantitative estimate of drug-likeness (QED) is 0.757. The van der Waals surface area contributed by atoms with Crippen LogP contribution in [0.3, 0.4) is 0 Å². The Morgan fingerprint density at radius 1 is 1.12 bits per heavy atom. The summed E-state index contributed by atoms with van der Waals surface area (Å²) in [7, 11) is -4.07. The van der Waals surface area contributed by atoms with E-state index in [0.29, 0.717) is 10.9 Å². The predicted octanol–water partition coefficient (Wildman–Crippen LogP) is 2.87. The van der Waals surface area contributed by atoms with Crippen molar-refractivity contribution in [1.29, 1.82) is 0 Å². The molecule has 8 heteroatoms. The second kappa shape index (κ2) is 5.89. The topological polar surface area (TPSA) is 96.4 Å². The Kier molecular flexibility index (Phi) is 3.90. The van der Waals surface area contributed by atoms with Crippen molar-refractivity contribution in [3.63, 3.8) is 0 Å². The van der Waals surface area contributed by atoms with E-state index in [1.54, 1.807) is 18.2 Å². The van der Waals surface area contributed by atoms with Crippen LogP contribution >= 0.6 is 0 Å². The van der Waals surface area contributed by atoms with Crippen LogP contribution in [-0.4, -0.2) is 24.5 Å². The first kappa shape index (κ1) is 15.9. The van der Waals surface area contributed by atoms with Gasteiger partial charge in [-0.05, 0) is 42.5 Å². The monoisotopic (exact) mass is 346 g/mol. The van der Waals surface area contributed by atoms with E-state index in [2.05, 4.69) is 9.71 Å². The number of sulfonamides is 1. The molecule has 0 bridgehead atoms. The van der Waals surface area contributed by atoms with Crippen LogP contribution in [0.4, 0.5) is 10.1 Å². The number of carbonyl (C=O) groups is 1. The zero-order valence-corrected chi connectivity index (χ0v) is 12.9. The van der Waals surface area contributed by atoms with Crippen LogP contribution in [0.2, 0.25) is 0 Å². The van der Waals surface area contributed by atoms with Crippen molar-refractivity contribution in [3.05, 3.63) is 66.1 Å². The first-order chi connectivity index (χ1) is 11.4. The number of carboxylic acids is 1. The fourth-order valence-corrected chi connectivity index (χ4v) is 3.52. The molecule has 0 spiro atoms. The maximum absolute atomic E-state index is 14.0. The van der Waals surface area contributed by atoms with E-state index in [4.69, 9.17) is 5.11 Å². The van der Waals surface area contributed by atoms with Gasteiger partial charge in [0.25, 0.3) is 10.0 Å². The van der Waals surface area contributed by atoms with Crippen LogP contribution in [-0.2, 0) is 10.0 Å². The summed E-state index contributed by atoms with van der Waals surface area (Å²) < 4.78 is 41.2. The number of hydrogen-bond donors (Lipinski definition) is 2. The van der Waals surface area contributed by atoms with Crippen molar-refractivity contribution in [2.75, 3.05) is 4.72 Å². The van der Waals surface area contributed by atoms with E-state index in [1.165, 1.54) is 18.3 Å². The average Bonchev–Trinajstić information content (AvgIpc) is 2.56. The number of carboxylic acid groups (broad SMARTS) is 1. The number of benzene rings is 2. The van der Waals surface area contributed by atoms with Gasteiger partial charge in [-0.25, -0.2) is 17.6 Å². The normalized spacial score (nSPS) is 11.4. The summed E-state index contributed by atoms with van der Waals surface area (Å²) in [4.78, 5) is 14.8. The third kappa shape index (κ3) is 2.91. The molecule has 24 heavy (non-hydrogen) atoms. The van der Waals surface area contributed by atoms with Gasteiger partial charge in [0.2, 0.25) is 0 Å². The molecule has 0 aliphatic carbocycles. The van der Waals surface area contributed by atoms with Gasteiger partial charge in [0, 0.05) is 11.6 Å². The van der Waals surface area contributed by atoms with Crippen LogP contribution in [0.1, 0.15) is 10.4 Å². The number of aromatic nitrogens is 1. The van der Waals surface area contributed by atoms with Crippen molar-refractivity contribution >= 4 is 32.6 Å². The molecule has 0 radical (unpaired) electrons. The number of nitrogens with zero attached hydrogens (tertiary/aromatic N) is 1. The van der Waals surface area contributed by atoms with Crippen molar-refractivity contribution in [1.82, 2.24) is 4.98 Å². The number of nitrogens with one attached hydrogen (secondary N) is 1. The van der Waals surface area contributed by atoms with Crippen molar-refractivity contribution < 1.29 is 22.7 Å². The first-order valence-corrected chi connectivity index (χ1v) is 8.26. The van der Waals surface area contributed by atoms with Crippen molar-refractivity contribution in [2.45, 2.75) is 4.90 Å². The third-order valence-corrected chi connectivity index (χ3v) is 4.78. The zero-order valence-electron chi connectivity index (χ0n) is 12.1. The molecule has 6 nitrogen and oxygen atoms in total.